The summed E-state index contributed by atoms with van der Waals surface area (Å²) in [5.74, 6) is 0. The van der Waals surface area contributed by atoms with Gasteiger partial charge < -0.3 is 10.1 Å². The van der Waals surface area contributed by atoms with Crippen LogP contribution in [0.3, 0.4) is 0 Å². The Kier molecular flexibility index (Phi) is 3.44. The second kappa shape index (κ2) is 4.81. The summed E-state index contributed by atoms with van der Waals surface area (Å²) in [7, 11) is 2.01. The minimum Gasteiger partial charge on any atom is -0.501 e. The Morgan fingerprint density at radius 2 is 2.33 bits per heavy atom. The fraction of sp³-hybridized carbons (Fsp3) is 0.500. The first-order chi connectivity index (χ1) is 7.33. The van der Waals surface area contributed by atoms with Crippen LogP contribution in [0.25, 0.3) is 0 Å². The van der Waals surface area contributed by atoms with Gasteiger partial charge >= 0.3 is 0 Å². The number of likely N-dealkylation sites (N-methyl/N-ethyl adjacent to an activating group) is 1. The number of rotatable bonds is 3. The summed E-state index contributed by atoms with van der Waals surface area (Å²) in [6, 6.07) is 0.330. The van der Waals surface area contributed by atoms with Crippen molar-refractivity contribution >= 4 is 11.3 Å². The minimum absolute atomic E-state index is 0.330. The molecule has 0 bridgehead atoms. The minimum atomic E-state index is 0.330. The van der Waals surface area contributed by atoms with Crippen LogP contribution >= 0.6 is 11.3 Å². The van der Waals surface area contributed by atoms with Crippen LogP contribution in [-0.4, -0.2) is 13.7 Å². The van der Waals surface area contributed by atoms with E-state index in [-0.39, 0.29) is 0 Å². The molecule has 1 aromatic heterocycles. The van der Waals surface area contributed by atoms with Crippen LogP contribution in [0, 0.1) is 6.92 Å². The maximum atomic E-state index is 5.40. The molecule has 1 atom stereocenters. The molecule has 2 heterocycles. The summed E-state index contributed by atoms with van der Waals surface area (Å²) in [6.45, 7) is 3.03. The van der Waals surface area contributed by atoms with Gasteiger partial charge in [-0.1, -0.05) is 0 Å². The van der Waals surface area contributed by atoms with E-state index in [1.165, 1.54) is 16.7 Å². The molecule has 1 N–H and O–H groups in total. The van der Waals surface area contributed by atoms with Crippen molar-refractivity contribution in [1.29, 1.82) is 0 Å². The monoisotopic (exact) mass is 223 g/mol. The molecule has 0 spiro atoms. The van der Waals surface area contributed by atoms with Crippen LogP contribution < -0.4 is 5.32 Å². The summed E-state index contributed by atoms with van der Waals surface area (Å²) in [4.78, 5) is 0. The van der Waals surface area contributed by atoms with E-state index in [4.69, 9.17) is 4.74 Å². The Hall–Kier alpha value is -0.800. The van der Waals surface area contributed by atoms with E-state index in [9.17, 15) is 0 Å². The van der Waals surface area contributed by atoms with Gasteiger partial charge in [-0.25, -0.2) is 0 Å². The van der Waals surface area contributed by atoms with Gasteiger partial charge in [-0.2, -0.15) is 11.3 Å². The number of nitrogens with one attached hydrogen (secondary N) is 1. The lowest BCUT2D eigenvalue weighted by molar-refractivity contribution is 0.220. The predicted molar refractivity (Wildman–Crippen MR) is 64.1 cm³/mol. The second-order valence-corrected chi connectivity index (χ2v) is 4.64. The third kappa shape index (κ3) is 2.24. The van der Waals surface area contributed by atoms with Crippen LogP contribution in [0.15, 0.2) is 22.6 Å². The van der Waals surface area contributed by atoms with Crippen LogP contribution in [0.1, 0.15) is 30.0 Å². The Morgan fingerprint density at radius 1 is 1.47 bits per heavy atom. The normalized spacial score (nSPS) is 18.1. The highest BCUT2D eigenvalue weighted by atomic mass is 32.1. The Balaban J connectivity index is 2.24. The molecule has 0 radical (unpaired) electrons. The van der Waals surface area contributed by atoms with Gasteiger partial charge in [0.1, 0.15) is 0 Å². The SMILES string of the molecule is CNC(C1=COCCC1)c1cscc1C. The average molecular weight is 223 g/mol. The molecule has 1 aliphatic rings. The molecule has 3 heteroatoms. The fourth-order valence-electron chi connectivity index (χ4n) is 2.00. The van der Waals surface area contributed by atoms with E-state index in [1.807, 2.05) is 13.3 Å². The quantitative estimate of drug-likeness (QED) is 0.850. The lowest BCUT2D eigenvalue weighted by Crippen LogP contribution is -2.20. The smallest absolute Gasteiger partial charge is 0.0876 e. The molecule has 15 heavy (non-hydrogen) atoms. The third-order valence-electron chi connectivity index (χ3n) is 2.83. The Bertz CT molecular complexity index is 356. The highest BCUT2D eigenvalue weighted by Gasteiger charge is 2.19. The first-order valence-corrected chi connectivity index (χ1v) is 6.27. The molecule has 0 amide bonds. The highest BCUT2D eigenvalue weighted by molar-refractivity contribution is 7.08. The van der Waals surface area contributed by atoms with Crippen LogP contribution in [-0.2, 0) is 4.74 Å². The van der Waals surface area contributed by atoms with Crippen molar-refractivity contribution in [3.05, 3.63) is 33.7 Å². The zero-order chi connectivity index (χ0) is 10.7. The second-order valence-electron chi connectivity index (χ2n) is 3.90. The molecule has 1 aromatic rings. The van der Waals surface area contributed by atoms with Crippen molar-refractivity contribution < 1.29 is 4.74 Å². The fourth-order valence-corrected chi connectivity index (χ4v) is 2.88. The molecular formula is C12H17NOS. The molecule has 2 nitrogen and oxygen atoms in total. The number of ether oxygens (including phenoxy) is 1. The average Bonchev–Trinajstić information content (AvgIpc) is 2.68. The summed E-state index contributed by atoms with van der Waals surface area (Å²) in [5.41, 5.74) is 4.12. The molecule has 0 saturated heterocycles. The van der Waals surface area contributed by atoms with Crippen LogP contribution in [0.5, 0.6) is 0 Å². The number of aryl methyl sites for hydroxylation is 1. The van der Waals surface area contributed by atoms with Crippen LogP contribution in [0.2, 0.25) is 0 Å². The zero-order valence-corrected chi connectivity index (χ0v) is 10.1. The van der Waals surface area contributed by atoms with E-state index in [1.54, 1.807) is 11.3 Å². The number of hydrogen-bond donors (Lipinski definition) is 1. The van der Waals surface area contributed by atoms with Gasteiger partial charge in [0.05, 0.1) is 18.9 Å². The maximum Gasteiger partial charge on any atom is 0.0876 e. The maximum absolute atomic E-state index is 5.40. The van der Waals surface area contributed by atoms with E-state index >= 15 is 0 Å². The molecular weight excluding hydrogens is 206 g/mol. The van der Waals surface area contributed by atoms with E-state index in [0.29, 0.717) is 6.04 Å². The largest absolute Gasteiger partial charge is 0.501 e. The first-order valence-electron chi connectivity index (χ1n) is 5.33. The Morgan fingerprint density at radius 3 is 2.87 bits per heavy atom. The standard InChI is InChI=1S/C12H17NOS/c1-9-7-15-8-11(9)12(13-2)10-4-3-5-14-6-10/h6-8,12-13H,3-5H2,1-2H3. The topological polar surface area (TPSA) is 21.3 Å². The van der Waals surface area contributed by atoms with Crippen molar-refractivity contribution in [2.45, 2.75) is 25.8 Å². The van der Waals surface area contributed by atoms with Crippen molar-refractivity contribution in [1.82, 2.24) is 5.32 Å². The summed E-state index contributed by atoms with van der Waals surface area (Å²) in [6.07, 6.45) is 4.20. The van der Waals surface area contributed by atoms with Gasteiger partial charge in [-0.15, -0.1) is 0 Å². The van der Waals surface area contributed by atoms with Gasteiger partial charge in [0.2, 0.25) is 0 Å². The van der Waals surface area contributed by atoms with Gasteiger partial charge in [0.25, 0.3) is 0 Å². The molecule has 0 saturated carbocycles. The zero-order valence-electron chi connectivity index (χ0n) is 9.25. The van der Waals surface area contributed by atoms with Crippen molar-refractivity contribution in [2.75, 3.05) is 13.7 Å². The molecule has 82 valence electrons. The van der Waals surface area contributed by atoms with Gasteiger partial charge in [0, 0.05) is 0 Å². The lowest BCUT2D eigenvalue weighted by Gasteiger charge is -2.23. The van der Waals surface area contributed by atoms with Crippen molar-refractivity contribution in [3.63, 3.8) is 0 Å². The Labute approximate surface area is 95.0 Å². The highest BCUT2D eigenvalue weighted by Crippen LogP contribution is 2.30. The van der Waals surface area contributed by atoms with Gasteiger partial charge in [-0.3, -0.25) is 0 Å². The summed E-state index contributed by atoms with van der Waals surface area (Å²) >= 11 is 1.77. The molecule has 0 fully saturated rings. The molecule has 1 aliphatic heterocycles. The summed E-state index contributed by atoms with van der Waals surface area (Å²) in [5, 5.41) is 7.80. The van der Waals surface area contributed by atoms with E-state index in [0.717, 1.165) is 19.4 Å². The van der Waals surface area contributed by atoms with Crippen molar-refractivity contribution in [2.24, 2.45) is 0 Å². The van der Waals surface area contributed by atoms with E-state index in [2.05, 4.69) is 23.0 Å². The van der Waals surface area contributed by atoms with Crippen LogP contribution in [0.4, 0.5) is 0 Å². The molecule has 1 unspecified atom stereocenters. The number of thiophene rings is 1. The van der Waals surface area contributed by atoms with Crippen molar-refractivity contribution in [3.8, 4) is 0 Å². The predicted octanol–water partition coefficient (Wildman–Crippen LogP) is 3.01. The van der Waals surface area contributed by atoms with E-state index < -0.39 is 0 Å². The third-order valence-corrected chi connectivity index (χ3v) is 3.71. The first kappa shape index (κ1) is 10.7. The van der Waals surface area contributed by atoms with Gasteiger partial charge in [0.15, 0.2) is 0 Å². The lowest BCUT2D eigenvalue weighted by atomic mass is 9.95. The van der Waals surface area contributed by atoms with Gasteiger partial charge in [-0.05, 0) is 54.3 Å². The number of hydrogen-bond acceptors (Lipinski definition) is 3. The summed E-state index contributed by atoms with van der Waals surface area (Å²) < 4.78 is 5.40. The molecule has 0 aromatic carbocycles. The molecule has 2 rings (SSSR count). The molecule has 0 aliphatic carbocycles.